The Labute approximate surface area is 130 Å². The van der Waals surface area contributed by atoms with Gasteiger partial charge in [0.05, 0.1) is 12.0 Å². The van der Waals surface area contributed by atoms with Gasteiger partial charge in [0, 0.05) is 26.7 Å². The molecule has 21 heavy (non-hydrogen) atoms. The molecule has 0 saturated carbocycles. The van der Waals surface area contributed by atoms with E-state index in [0.717, 1.165) is 52.0 Å². The van der Waals surface area contributed by atoms with Crippen LogP contribution in [0.15, 0.2) is 16.8 Å². The molecule has 0 N–H and O–H groups in total. The Balaban J connectivity index is 1.54. The zero-order chi connectivity index (χ0) is 14.7. The number of carbonyl (C=O) groups excluding carboxylic acids is 1. The number of hydrogen-bond donors (Lipinski definition) is 0. The van der Waals surface area contributed by atoms with E-state index in [1.165, 1.54) is 5.56 Å². The summed E-state index contributed by atoms with van der Waals surface area (Å²) in [5.74, 6) is 0.370. The Kier molecular flexibility index (Phi) is 4.62. The summed E-state index contributed by atoms with van der Waals surface area (Å²) in [5.41, 5.74) is 1.33. The van der Waals surface area contributed by atoms with E-state index < -0.39 is 0 Å². The summed E-state index contributed by atoms with van der Waals surface area (Å²) in [6, 6.07) is 2.20. The fourth-order valence-electron chi connectivity index (χ4n) is 3.55. The third kappa shape index (κ3) is 3.15. The standard InChI is InChI=1S/C16H24N2O2S/c1-20-10-9-18-8-5-16(15(18)19)3-6-17(7-4-16)12-14-2-11-21-13-14/h2,11,13H,3-10,12H2,1H3. The van der Waals surface area contributed by atoms with Crippen LogP contribution in [0.1, 0.15) is 24.8 Å². The van der Waals surface area contributed by atoms with Gasteiger partial charge >= 0.3 is 0 Å². The minimum Gasteiger partial charge on any atom is -0.383 e. The highest BCUT2D eigenvalue weighted by atomic mass is 32.1. The average molecular weight is 308 g/mol. The molecule has 2 aliphatic rings. The summed E-state index contributed by atoms with van der Waals surface area (Å²) >= 11 is 1.76. The lowest BCUT2D eigenvalue weighted by atomic mass is 9.77. The van der Waals surface area contributed by atoms with Crippen molar-refractivity contribution in [3.05, 3.63) is 22.4 Å². The number of piperidine rings is 1. The van der Waals surface area contributed by atoms with Crippen molar-refractivity contribution < 1.29 is 9.53 Å². The molecule has 0 unspecified atom stereocenters. The molecule has 3 heterocycles. The van der Waals surface area contributed by atoms with Crippen molar-refractivity contribution in [2.75, 3.05) is 39.9 Å². The largest absolute Gasteiger partial charge is 0.383 e. The summed E-state index contributed by atoms with van der Waals surface area (Å²) in [6.45, 7) is 5.41. The molecular weight excluding hydrogens is 284 g/mol. The van der Waals surface area contributed by atoms with Crippen LogP contribution in [0, 0.1) is 5.41 Å². The van der Waals surface area contributed by atoms with E-state index >= 15 is 0 Å². The third-order valence-electron chi connectivity index (χ3n) is 4.97. The maximum atomic E-state index is 12.7. The number of carbonyl (C=O) groups is 1. The molecule has 0 bridgehead atoms. The molecule has 0 radical (unpaired) electrons. The van der Waals surface area contributed by atoms with Gasteiger partial charge in [0.15, 0.2) is 0 Å². The monoisotopic (exact) mass is 308 g/mol. The zero-order valence-electron chi connectivity index (χ0n) is 12.7. The number of hydrogen-bond acceptors (Lipinski definition) is 4. The summed E-state index contributed by atoms with van der Waals surface area (Å²) in [7, 11) is 1.69. The van der Waals surface area contributed by atoms with Gasteiger partial charge in [-0.15, -0.1) is 0 Å². The van der Waals surface area contributed by atoms with E-state index in [0.29, 0.717) is 12.5 Å². The second kappa shape index (κ2) is 6.46. The first kappa shape index (κ1) is 15.0. The number of nitrogens with zero attached hydrogens (tertiary/aromatic N) is 2. The number of amides is 1. The van der Waals surface area contributed by atoms with Crippen molar-refractivity contribution in [2.45, 2.75) is 25.8 Å². The number of methoxy groups -OCH3 is 1. The van der Waals surface area contributed by atoms with Crippen molar-refractivity contribution in [1.29, 1.82) is 0 Å². The number of ether oxygens (including phenoxy) is 1. The highest BCUT2D eigenvalue weighted by Crippen LogP contribution is 2.41. The van der Waals surface area contributed by atoms with Crippen LogP contribution >= 0.6 is 11.3 Å². The molecule has 1 aromatic heterocycles. The summed E-state index contributed by atoms with van der Waals surface area (Å²) < 4.78 is 5.10. The predicted molar refractivity (Wildman–Crippen MR) is 84.3 cm³/mol. The van der Waals surface area contributed by atoms with E-state index in [-0.39, 0.29) is 5.41 Å². The van der Waals surface area contributed by atoms with Gasteiger partial charge in [-0.2, -0.15) is 11.3 Å². The molecule has 1 amide bonds. The second-order valence-electron chi connectivity index (χ2n) is 6.22. The predicted octanol–water partition coefficient (Wildman–Crippen LogP) is 2.21. The quantitative estimate of drug-likeness (QED) is 0.836. The van der Waals surface area contributed by atoms with Crippen LogP contribution in [0.25, 0.3) is 0 Å². The number of rotatable bonds is 5. The lowest BCUT2D eigenvalue weighted by Gasteiger charge is -2.37. The van der Waals surface area contributed by atoms with E-state index in [1.807, 2.05) is 4.90 Å². The molecule has 2 fully saturated rings. The molecule has 0 aromatic carbocycles. The summed E-state index contributed by atoms with van der Waals surface area (Å²) in [4.78, 5) is 17.1. The van der Waals surface area contributed by atoms with Crippen LogP contribution in [0.5, 0.6) is 0 Å². The average Bonchev–Trinajstić information content (AvgIpc) is 3.11. The van der Waals surface area contributed by atoms with E-state index in [4.69, 9.17) is 4.74 Å². The molecule has 1 aromatic rings. The van der Waals surface area contributed by atoms with Gasteiger partial charge in [0.2, 0.25) is 5.91 Å². The number of thiophene rings is 1. The van der Waals surface area contributed by atoms with Gasteiger partial charge in [-0.1, -0.05) is 0 Å². The molecule has 2 aliphatic heterocycles. The minimum atomic E-state index is -0.0705. The Morgan fingerprint density at radius 2 is 2.05 bits per heavy atom. The summed E-state index contributed by atoms with van der Waals surface area (Å²) in [6.07, 6.45) is 3.06. The Morgan fingerprint density at radius 3 is 2.71 bits per heavy atom. The number of likely N-dealkylation sites (tertiary alicyclic amines) is 2. The van der Waals surface area contributed by atoms with E-state index in [2.05, 4.69) is 21.7 Å². The van der Waals surface area contributed by atoms with Crippen molar-refractivity contribution >= 4 is 17.2 Å². The third-order valence-corrected chi connectivity index (χ3v) is 5.70. The molecular formula is C16H24N2O2S. The van der Waals surface area contributed by atoms with E-state index in [1.54, 1.807) is 18.4 Å². The van der Waals surface area contributed by atoms with Crippen molar-refractivity contribution in [3.63, 3.8) is 0 Å². The van der Waals surface area contributed by atoms with Crippen LogP contribution in [0.4, 0.5) is 0 Å². The Morgan fingerprint density at radius 1 is 1.29 bits per heavy atom. The first-order chi connectivity index (χ1) is 10.2. The van der Waals surface area contributed by atoms with Crippen molar-refractivity contribution in [2.24, 2.45) is 5.41 Å². The van der Waals surface area contributed by atoms with Gasteiger partial charge < -0.3 is 9.64 Å². The Bertz CT molecular complexity index is 467. The lowest BCUT2D eigenvalue weighted by Crippen LogP contribution is -2.44. The zero-order valence-corrected chi connectivity index (χ0v) is 13.5. The highest BCUT2D eigenvalue weighted by Gasteiger charge is 2.47. The van der Waals surface area contributed by atoms with Crippen LogP contribution in [-0.4, -0.2) is 55.6 Å². The van der Waals surface area contributed by atoms with Gasteiger partial charge in [-0.3, -0.25) is 9.69 Å². The van der Waals surface area contributed by atoms with Crippen LogP contribution in [-0.2, 0) is 16.1 Å². The molecule has 0 atom stereocenters. The first-order valence-electron chi connectivity index (χ1n) is 7.75. The van der Waals surface area contributed by atoms with Gasteiger partial charge in [-0.25, -0.2) is 0 Å². The van der Waals surface area contributed by atoms with Crippen molar-refractivity contribution in [3.8, 4) is 0 Å². The maximum Gasteiger partial charge on any atom is 0.229 e. The van der Waals surface area contributed by atoms with Gasteiger partial charge in [-0.05, 0) is 54.7 Å². The molecule has 5 heteroatoms. The summed E-state index contributed by atoms with van der Waals surface area (Å²) in [5, 5.41) is 4.35. The normalized spacial score (nSPS) is 22.3. The lowest BCUT2D eigenvalue weighted by molar-refractivity contribution is -0.138. The Hall–Kier alpha value is -0.910. The fourth-order valence-corrected chi connectivity index (χ4v) is 4.21. The fraction of sp³-hybridized carbons (Fsp3) is 0.688. The topological polar surface area (TPSA) is 32.8 Å². The highest BCUT2D eigenvalue weighted by molar-refractivity contribution is 7.07. The molecule has 3 rings (SSSR count). The van der Waals surface area contributed by atoms with Crippen molar-refractivity contribution in [1.82, 2.24) is 9.80 Å². The minimum absolute atomic E-state index is 0.0705. The smallest absolute Gasteiger partial charge is 0.229 e. The van der Waals surface area contributed by atoms with Crippen LogP contribution in [0.2, 0.25) is 0 Å². The van der Waals surface area contributed by atoms with Crippen LogP contribution in [0.3, 0.4) is 0 Å². The van der Waals surface area contributed by atoms with Gasteiger partial charge in [0.25, 0.3) is 0 Å². The molecule has 2 saturated heterocycles. The first-order valence-corrected chi connectivity index (χ1v) is 8.69. The second-order valence-corrected chi connectivity index (χ2v) is 7.00. The maximum absolute atomic E-state index is 12.7. The molecule has 4 nitrogen and oxygen atoms in total. The molecule has 116 valence electrons. The van der Waals surface area contributed by atoms with Gasteiger partial charge in [0.1, 0.15) is 0 Å². The van der Waals surface area contributed by atoms with E-state index in [9.17, 15) is 4.79 Å². The SMILES string of the molecule is COCCN1CCC2(CCN(Cc3ccsc3)CC2)C1=O. The molecule has 0 aliphatic carbocycles. The van der Waals surface area contributed by atoms with Crippen LogP contribution < -0.4 is 0 Å². The molecule has 1 spiro atoms.